The van der Waals surface area contributed by atoms with Gasteiger partial charge < -0.3 is 15.5 Å². The Morgan fingerprint density at radius 2 is 2.10 bits per heavy atom. The molecule has 0 bridgehead atoms. The second-order valence-electron chi connectivity index (χ2n) is 5.71. The molecule has 1 aromatic heterocycles. The van der Waals surface area contributed by atoms with Crippen LogP contribution in [0.4, 0.5) is 0 Å². The average molecular weight is 305 g/mol. The molecule has 1 aromatic carbocycles. The van der Waals surface area contributed by atoms with Crippen molar-refractivity contribution >= 4 is 33.3 Å². The van der Waals surface area contributed by atoms with Crippen molar-refractivity contribution in [3.63, 3.8) is 0 Å². The molecule has 0 aliphatic heterocycles. The van der Waals surface area contributed by atoms with Gasteiger partial charge in [-0.3, -0.25) is 4.79 Å². The number of rotatable bonds is 3. The fourth-order valence-corrected chi connectivity index (χ4v) is 3.76. The van der Waals surface area contributed by atoms with E-state index >= 15 is 0 Å². The minimum atomic E-state index is -1.00. The molecule has 0 atom stereocenters. The van der Waals surface area contributed by atoms with Gasteiger partial charge in [0, 0.05) is 15.6 Å². The molecule has 5 nitrogen and oxygen atoms in total. The number of carboxylic acid groups (broad SMARTS) is 1. The molecule has 1 fully saturated rings. The monoisotopic (exact) mass is 305 g/mol. The predicted molar refractivity (Wildman–Crippen MR) is 79.9 cm³/mol. The van der Waals surface area contributed by atoms with Gasteiger partial charge in [-0.1, -0.05) is 6.07 Å². The third-order valence-corrected chi connectivity index (χ3v) is 4.90. The van der Waals surface area contributed by atoms with Crippen molar-refractivity contribution in [3.8, 4) is 0 Å². The largest absolute Gasteiger partial charge is 0.478 e. The number of carboxylic acids is 1. The smallest absolute Gasteiger partial charge is 0.336 e. The molecule has 1 aliphatic carbocycles. The zero-order valence-corrected chi connectivity index (χ0v) is 12.2. The second-order valence-corrected chi connectivity index (χ2v) is 6.79. The summed E-state index contributed by atoms with van der Waals surface area (Å²) in [6, 6.07) is 6.63. The summed E-state index contributed by atoms with van der Waals surface area (Å²) >= 11 is 1.28. The van der Waals surface area contributed by atoms with Crippen LogP contribution in [0.15, 0.2) is 24.3 Å². The molecule has 3 rings (SSSR count). The molecule has 2 aromatic rings. The van der Waals surface area contributed by atoms with E-state index in [-0.39, 0.29) is 23.1 Å². The number of thiophene rings is 1. The first kappa shape index (κ1) is 14.0. The summed E-state index contributed by atoms with van der Waals surface area (Å²) in [5.41, 5.74) is -0.171. The number of amides is 1. The molecule has 0 saturated heterocycles. The van der Waals surface area contributed by atoms with Crippen LogP contribution >= 0.6 is 11.3 Å². The fourth-order valence-electron chi connectivity index (χ4n) is 2.78. The third-order valence-electron chi connectivity index (χ3n) is 3.80. The van der Waals surface area contributed by atoms with E-state index in [9.17, 15) is 14.7 Å². The van der Waals surface area contributed by atoms with Crippen molar-refractivity contribution in [2.75, 3.05) is 0 Å². The standard InChI is InChI=1S/C15H15NO4S/c1-15(6-8(17)7-15)16-13(18)12-5-10-9(14(19)20)3-2-4-11(10)21-12/h2-5,8,17H,6-7H2,1H3,(H,16,18)(H,19,20). The van der Waals surface area contributed by atoms with Gasteiger partial charge >= 0.3 is 5.97 Å². The molecule has 1 aliphatic rings. The average Bonchev–Trinajstić information content (AvgIpc) is 2.80. The Labute approximate surface area is 125 Å². The summed E-state index contributed by atoms with van der Waals surface area (Å²) in [7, 11) is 0. The Kier molecular flexibility index (Phi) is 3.22. The lowest BCUT2D eigenvalue weighted by molar-refractivity contribution is 0.0129. The zero-order chi connectivity index (χ0) is 15.2. The van der Waals surface area contributed by atoms with E-state index in [4.69, 9.17) is 5.11 Å². The highest BCUT2D eigenvalue weighted by Gasteiger charge is 2.40. The maximum Gasteiger partial charge on any atom is 0.336 e. The Morgan fingerprint density at radius 1 is 1.38 bits per heavy atom. The Balaban J connectivity index is 1.89. The highest BCUT2D eigenvalue weighted by Crippen LogP contribution is 2.33. The summed E-state index contributed by atoms with van der Waals surface area (Å²) in [6.07, 6.45) is 0.741. The molecular weight excluding hydrogens is 290 g/mol. The van der Waals surface area contributed by atoms with Crippen molar-refractivity contribution in [2.24, 2.45) is 0 Å². The normalized spacial score (nSPS) is 24.6. The van der Waals surface area contributed by atoms with E-state index in [0.29, 0.717) is 23.1 Å². The van der Waals surface area contributed by atoms with E-state index in [1.165, 1.54) is 17.4 Å². The van der Waals surface area contributed by atoms with Gasteiger partial charge in [0.1, 0.15) is 0 Å². The van der Waals surface area contributed by atoms with Gasteiger partial charge in [0.05, 0.1) is 16.5 Å². The van der Waals surface area contributed by atoms with Crippen molar-refractivity contribution in [1.82, 2.24) is 5.32 Å². The summed E-state index contributed by atoms with van der Waals surface area (Å²) in [5, 5.41) is 22.0. The molecule has 3 N–H and O–H groups in total. The summed E-state index contributed by atoms with van der Waals surface area (Å²) in [4.78, 5) is 24.0. The highest BCUT2D eigenvalue weighted by molar-refractivity contribution is 7.20. The predicted octanol–water partition coefficient (Wildman–Crippen LogP) is 2.24. The molecule has 1 heterocycles. The Bertz CT molecular complexity index is 730. The van der Waals surface area contributed by atoms with E-state index in [0.717, 1.165) is 4.70 Å². The van der Waals surface area contributed by atoms with Crippen LogP contribution in [0, 0.1) is 0 Å². The number of benzene rings is 1. The summed E-state index contributed by atoms with van der Waals surface area (Å²) < 4.78 is 0.777. The molecule has 0 spiro atoms. The molecule has 1 amide bonds. The first-order valence-corrected chi connectivity index (χ1v) is 7.46. The molecule has 0 radical (unpaired) electrons. The van der Waals surface area contributed by atoms with Gasteiger partial charge in [-0.15, -0.1) is 11.3 Å². The number of aromatic carboxylic acids is 1. The molecule has 0 unspecified atom stereocenters. The van der Waals surface area contributed by atoms with E-state index in [2.05, 4.69) is 5.32 Å². The van der Waals surface area contributed by atoms with Crippen LogP contribution in [0.25, 0.3) is 10.1 Å². The molecular formula is C15H15NO4S. The number of carbonyl (C=O) groups is 2. The fraction of sp³-hybridized carbons (Fsp3) is 0.333. The van der Waals surface area contributed by atoms with E-state index in [1.54, 1.807) is 18.2 Å². The topological polar surface area (TPSA) is 86.6 Å². The van der Waals surface area contributed by atoms with Gasteiger partial charge in [0.25, 0.3) is 5.91 Å². The number of nitrogens with one attached hydrogen (secondary N) is 1. The second kappa shape index (κ2) is 4.82. The van der Waals surface area contributed by atoms with Crippen molar-refractivity contribution in [3.05, 3.63) is 34.7 Å². The van der Waals surface area contributed by atoms with Crippen LogP contribution < -0.4 is 5.32 Å². The lowest BCUT2D eigenvalue weighted by Crippen LogP contribution is -2.57. The van der Waals surface area contributed by atoms with Crippen molar-refractivity contribution in [2.45, 2.75) is 31.4 Å². The van der Waals surface area contributed by atoms with Gasteiger partial charge in [0.2, 0.25) is 0 Å². The van der Waals surface area contributed by atoms with Gasteiger partial charge in [-0.2, -0.15) is 0 Å². The lowest BCUT2D eigenvalue weighted by atomic mass is 9.76. The SMILES string of the molecule is CC1(NC(=O)c2cc3c(C(=O)O)cccc3s2)CC(O)C1. The maximum atomic E-state index is 12.3. The minimum absolute atomic E-state index is 0.202. The minimum Gasteiger partial charge on any atom is -0.478 e. The number of carbonyl (C=O) groups excluding carboxylic acids is 1. The van der Waals surface area contributed by atoms with Crippen molar-refractivity contribution in [1.29, 1.82) is 0 Å². The first-order valence-electron chi connectivity index (χ1n) is 6.64. The van der Waals surface area contributed by atoms with Gasteiger partial charge in [0.15, 0.2) is 0 Å². The Hall–Kier alpha value is -1.92. The van der Waals surface area contributed by atoms with Crippen molar-refractivity contribution < 1.29 is 19.8 Å². The van der Waals surface area contributed by atoms with E-state index in [1.807, 2.05) is 6.92 Å². The quantitative estimate of drug-likeness (QED) is 0.811. The van der Waals surface area contributed by atoms with Crippen LogP contribution in [0.1, 0.15) is 39.8 Å². The third kappa shape index (κ3) is 2.52. The lowest BCUT2D eigenvalue weighted by Gasteiger charge is -2.42. The van der Waals surface area contributed by atoms with Crippen LogP contribution in [0.5, 0.6) is 0 Å². The van der Waals surface area contributed by atoms with Gasteiger partial charge in [-0.25, -0.2) is 4.79 Å². The highest BCUT2D eigenvalue weighted by atomic mass is 32.1. The molecule has 6 heteroatoms. The zero-order valence-electron chi connectivity index (χ0n) is 11.4. The first-order chi connectivity index (χ1) is 9.88. The van der Waals surface area contributed by atoms with Gasteiger partial charge in [-0.05, 0) is 38.0 Å². The maximum absolute atomic E-state index is 12.3. The van der Waals surface area contributed by atoms with E-state index < -0.39 is 5.97 Å². The summed E-state index contributed by atoms with van der Waals surface area (Å²) in [6.45, 7) is 1.90. The summed E-state index contributed by atoms with van der Waals surface area (Å²) in [5.74, 6) is -1.22. The number of fused-ring (bicyclic) bond motifs is 1. The van der Waals surface area contributed by atoms with Crippen LogP contribution in [-0.2, 0) is 0 Å². The molecule has 1 saturated carbocycles. The molecule has 21 heavy (non-hydrogen) atoms. The molecule has 110 valence electrons. The Morgan fingerprint density at radius 3 is 2.71 bits per heavy atom. The van der Waals surface area contributed by atoms with Crippen LogP contribution in [-0.4, -0.2) is 33.7 Å². The number of aliphatic hydroxyl groups excluding tert-OH is 1. The number of hydrogen-bond donors (Lipinski definition) is 3. The van der Waals surface area contributed by atoms with Crippen LogP contribution in [0.2, 0.25) is 0 Å². The number of hydrogen-bond acceptors (Lipinski definition) is 4. The number of aliphatic hydroxyl groups is 1. The van der Waals surface area contributed by atoms with Crippen LogP contribution in [0.3, 0.4) is 0 Å².